The second-order valence-electron chi connectivity index (χ2n) is 4.96. The predicted octanol–water partition coefficient (Wildman–Crippen LogP) is 5.07. The number of aryl methyl sites for hydroxylation is 1. The molecule has 0 aliphatic carbocycles. The Morgan fingerprint density at radius 3 is 2.53 bits per heavy atom. The van der Waals surface area contributed by atoms with Gasteiger partial charge in [0.1, 0.15) is 5.75 Å². The molecular weight excluding hydrogens is 252 g/mol. The molecular formula is C17H16OS. The predicted molar refractivity (Wildman–Crippen MR) is 82.2 cm³/mol. The molecule has 1 aromatic heterocycles. The van der Waals surface area contributed by atoms with Crippen molar-refractivity contribution in [3.63, 3.8) is 0 Å². The van der Waals surface area contributed by atoms with Crippen molar-refractivity contribution in [3.8, 4) is 5.75 Å². The molecule has 0 radical (unpaired) electrons. The fourth-order valence-corrected chi connectivity index (χ4v) is 3.35. The Balaban J connectivity index is 2.22. The first-order chi connectivity index (χ1) is 9.18. The van der Waals surface area contributed by atoms with E-state index in [9.17, 15) is 5.11 Å². The standard InChI is InChI=1S/C17H16OS/c1-11-9-16(12(2)13-7-8-19-10-13)17(18)15-6-4-3-5-14(11)15/h3-10,12,18H,1-2H3. The summed E-state index contributed by atoms with van der Waals surface area (Å²) in [5.74, 6) is 0.634. The van der Waals surface area contributed by atoms with Crippen molar-refractivity contribution in [1.82, 2.24) is 0 Å². The van der Waals surface area contributed by atoms with Crippen LogP contribution in [0.1, 0.15) is 29.5 Å². The lowest BCUT2D eigenvalue weighted by Gasteiger charge is -2.16. The van der Waals surface area contributed by atoms with Gasteiger partial charge in [-0.2, -0.15) is 11.3 Å². The van der Waals surface area contributed by atoms with E-state index in [-0.39, 0.29) is 5.92 Å². The second kappa shape index (κ2) is 4.71. The highest BCUT2D eigenvalue weighted by atomic mass is 32.1. The van der Waals surface area contributed by atoms with Gasteiger partial charge in [-0.3, -0.25) is 0 Å². The fraction of sp³-hybridized carbons (Fsp3) is 0.176. The Bertz CT molecular complexity index is 713. The lowest BCUT2D eigenvalue weighted by molar-refractivity contribution is 0.472. The number of benzene rings is 2. The summed E-state index contributed by atoms with van der Waals surface area (Å²) in [6.45, 7) is 4.25. The van der Waals surface area contributed by atoms with Crippen molar-refractivity contribution in [2.75, 3.05) is 0 Å². The van der Waals surface area contributed by atoms with Crippen LogP contribution in [0.2, 0.25) is 0 Å². The molecule has 2 aromatic carbocycles. The van der Waals surface area contributed by atoms with Crippen molar-refractivity contribution < 1.29 is 5.11 Å². The first kappa shape index (κ1) is 12.2. The highest BCUT2D eigenvalue weighted by molar-refractivity contribution is 7.08. The van der Waals surface area contributed by atoms with Crippen molar-refractivity contribution >= 4 is 22.1 Å². The van der Waals surface area contributed by atoms with E-state index in [1.165, 1.54) is 11.1 Å². The largest absolute Gasteiger partial charge is 0.507 e. The molecule has 1 atom stereocenters. The zero-order chi connectivity index (χ0) is 13.4. The van der Waals surface area contributed by atoms with Crippen LogP contribution in [0.4, 0.5) is 0 Å². The van der Waals surface area contributed by atoms with Crippen LogP contribution in [0.3, 0.4) is 0 Å². The summed E-state index contributed by atoms with van der Waals surface area (Å²) in [6, 6.07) is 12.3. The van der Waals surface area contributed by atoms with Gasteiger partial charge in [0.15, 0.2) is 0 Å². The topological polar surface area (TPSA) is 20.2 Å². The molecule has 0 fully saturated rings. The zero-order valence-corrected chi connectivity index (χ0v) is 11.9. The summed E-state index contributed by atoms with van der Waals surface area (Å²) < 4.78 is 0. The Morgan fingerprint density at radius 1 is 1.11 bits per heavy atom. The summed E-state index contributed by atoms with van der Waals surface area (Å²) in [5.41, 5.74) is 3.48. The van der Waals surface area contributed by atoms with Gasteiger partial charge in [0.25, 0.3) is 0 Å². The molecule has 0 bridgehead atoms. The summed E-state index contributed by atoms with van der Waals surface area (Å²) >= 11 is 1.69. The van der Waals surface area contributed by atoms with Crippen LogP contribution >= 0.6 is 11.3 Å². The third kappa shape index (κ3) is 2.02. The molecule has 1 nitrogen and oxygen atoms in total. The van der Waals surface area contributed by atoms with E-state index in [0.29, 0.717) is 5.75 Å². The minimum Gasteiger partial charge on any atom is -0.507 e. The van der Waals surface area contributed by atoms with Gasteiger partial charge in [-0.1, -0.05) is 37.3 Å². The van der Waals surface area contributed by atoms with Gasteiger partial charge in [0.2, 0.25) is 0 Å². The molecule has 1 heterocycles. The van der Waals surface area contributed by atoms with Gasteiger partial charge >= 0.3 is 0 Å². The van der Waals surface area contributed by atoms with E-state index in [1.807, 2.05) is 18.2 Å². The van der Waals surface area contributed by atoms with E-state index in [0.717, 1.165) is 16.3 Å². The SMILES string of the molecule is Cc1cc(C(C)c2ccsc2)c(O)c2ccccc12. The minimum atomic E-state index is 0.217. The van der Waals surface area contributed by atoms with E-state index >= 15 is 0 Å². The molecule has 2 heteroatoms. The van der Waals surface area contributed by atoms with Crippen LogP contribution in [-0.2, 0) is 0 Å². The Kier molecular flexibility index (Phi) is 3.03. The van der Waals surface area contributed by atoms with Crippen LogP contribution in [0.25, 0.3) is 10.8 Å². The number of rotatable bonds is 2. The summed E-state index contributed by atoms with van der Waals surface area (Å²) in [7, 11) is 0. The molecule has 1 unspecified atom stereocenters. The van der Waals surface area contributed by atoms with E-state index in [4.69, 9.17) is 0 Å². The maximum atomic E-state index is 10.5. The molecule has 96 valence electrons. The van der Waals surface area contributed by atoms with Crippen LogP contribution in [0.5, 0.6) is 5.75 Å². The summed E-state index contributed by atoms with van der Waals surface area (Å²) in [6.07, 6.45) is 0. The van der Waals surface area contributed by atoms with Gasteiger partial charge in [-0.15, -0.1) is 0 Å². The van der Waals surface area contributed by atoms with E-state index in [1.54, 1.807) is 11.3 Å². The van der Waals surface area contributed by atoms with E-state index < -0.39 is 0 Å². The normalized spacial score (nSPS) is 12.7. The quantitative estimate of drug-likeness (QED) is 0.688. The first-order valence-corrected chi connectivity index (χ1v) is 7.36. The van der Waals surface area contributed by atoms with Crippen LogP contribution in [-0.4, -0.2) is 5.11 Å². The monoisotopic (exact) mass is 268 g/mol. The number of phenols is 1. The van der Waals surface area contributed by atoms with Crippen LogP contribution in [0.15, 0.2) is 47.2 Å². The lowest BCUT2D eigenvalue weighted by Crippen LogP contribution is -1.96. The Labute approximate surface area is 117 Å². The van der Waals surface area contributed by atoms with Gasteiger partial charge in [0.05, 0.1) is 0 Å². The smallest absolute Gasteiger partial charge is 0.127 e. The molecule has 0 spiro atoms. The average Bonchev–Trinajstić information content (AvgIpc) is 2.96. The summed E-state index contributed by atoms with van der Waals surface area (Å²) in [4.78, 5) is 0. The van der Waals surface area contributed by atoms with Crippen molar-refractivity contribution in [2.24, 2.45) is 0 Å². The maximum absolute atomic E-state index is 10.5. The van der Waals surface area contributed by atoms with Crippen LogP contribution in [0, 0.1) is 6.92 Å². The zero-order valence-electron chi connectivity index (χ0n) is 11.1. The Hall–Kier alpha value is -1.80. The number of hydrogen-bond donors (Lipinski definition) is 1. The van der Waals surface area contributed by atoms with Crippen molar-refractivity contribution in [1.29, 1.82) is 0 Å². The van der Waals surface area contributed by atoms with Gasteiger partial charge in [-0.05, 0) is 40.3 Å². The van der Waals surface area contributed by atoms with Crippen molar-refractivity contribution in [3.05, 3.63) is 63.8 Å². The molecule has 0 aliphatic heterocycles. The molecule has 0 saturated carbocycles. The molecule has 3 rings (SSSR count). The number of hydrogen-bond acceptors (Lipinski definition) is 2. The molecule has 0 amide bonds. The van der Waals surface area contributed by atoms with E-state index in [2.05, 4.69) is 42.8 Å². The first-order valence-electron chi connectivity index (χ1n) is 6.42. The third-order valence-corrected chi connectivity index (χ3v) is 4.46. The molecule has 0 saturated heterocycles. The molecule has 0 aliphatic rings. The van der Waals surface area contributed by atoms with Gasteiger partial charge in [0, 0.05) is 16.9 Å². The average molecular weight is 268 g/mol. The van der Waals surface area contributed by atoms with Crippen LogP contribution < -0.4 is 0 Å². The molecule has 3 aromatic rings. The molecule has 19 heavy (non-hydrogen) atoms. The number of thiophene rings is 1. The highest BCUT2D eigenvalue weighted by Gasteiger charge is 2.16. The third-order valence-electron chi connectivity index (χ3n) is 3.76. The number of aromatic hydroxyl groups is 1. The number of phenolic OH excluding ortho intramolecular Hbond substituents is 1. The highest BCUT2D eigenvalue weighted by Crippen LogP contribution is 2.38. The number of fused-ring (bicyclic) bond motifs is 1. The Morgan fingerprint density at radius 2 is 1.84 bits per heavy atom. The van der Waals surface area contributed by atoms with Gasteiger partial charge < -0.3 is 5.11 Å². The molecule has 1 N–H and O–H groups in total. The maximum Gasteiger partial charge on any atom is 0.127 e. The second-order valence-corrected chi connectivity index (χ2v) is 5.74. The fourth-order valence-electron chi connectivity index (χ4n) is 2.60. The summed E-state index contributed by atoms with van der Waals surface area (Å²) in [5, 5.41) is 16.8. The minimum absolute atomic E-state index is 0.217. The van der Waals surface area contributed by atoms with Crippen molar-refractivity contribution in [2.45, 2.75) is 19.8 Å². The lowest BCUT2D eigenvalue weighted by atomic mass is 9.90. The van der Waals surface area contributed by atoms with Gasteiger partial charge in [-0.25, -0.2) is 0 Å².